The van der Waals surface area contributed by atoms with Crippen molar-refractivity contribution in [3.05, 3.63) is 120 Å². The molecule has 1 heteroatoms. The topological polar surface area (TPSA) is 26.0 Å². The summed E-state index contributed by atoms with van der Waals surface area (Å²) in [6.07, 6.45) is 2.06. The summed E-state index contributed by atoms with van der Waals surface area (Å²) in [6, 6.07) is 29.9. The smallest absolute Gasteiger partial charge is 0.0193 e. The fourth-order valence-corrected chi connectivity index (χ4v) is 3.27. The molecule has 0 spiro atoms. The number of allylic oxidation sites excluding steroid dienone is 1. The predicted octanol–water partition coefficient (Wildman–Crippen LogP) is 5.25. The van der Waals surface area contributed by atoms with E-state index in [1.807, 2.05) is 0 Å². The monoisotopic (exact) mass is 313 g/mol. The fraction of sp³-hybridized carbons (Fsp3) is 0.130. The Kier molecular flexibility index (Phi) is 5.25. The number of hydrogen-bond acceptors (Lipinski definition) is 1. The lowest BCUT2D eigenvalue weighted by Gasteiger charge is -2.26. The first-order valence-corrected chi connectivity index (χ1v) is 8.35. The van der Waals surface area contributed by atoms with Crippen LogP contribution in [0.3, 0.4) is 0 Å². The van der Waals surface area contributed by atoms with Crippen molar-refractivity contribution < 1.29 is 0 Å². The second-order valence-corrected chi connectivity index (χ2v) is 6.01. The molecular weight excluding hydrogens is 290 g/mol. The average Bonchev–Trinajstić information content (AvgIpc) is 2.67. The summed E-state index contributed by atoms with van der Waals surface area (Å²) in [7, 11) is 0. The third-order valence-electron chi connectivity index (χ3n) is 4.53. The van der Waals surface area contributed by atoms with E-state index in [2.05, 4.69) is 97.6 Å². The van der Waals surface area contributed by atoms with Gasteiger partial charge in [0.1, 0.15) is 0 Å². The van der Waals surface area contributed by atoms with Gasteiger partial charge in [-0.05, 0) is 22.3 Å². The molecule has 0 aliphatic rings. The van der Waals surface area contributed by atoms with Crippen LogP contribution >= 0.6 is 0 Å². The van der Waals surface area contributed by atoms with Gasteiger partial charge < -0.3 is 5.73 Å². The molecule has 3 rings (SSSR count). The van der Waals surface area contributed by atoms with Gasteiger partial charge in [-0.3, -0.25) is 0 Å². The molecule has 0 saturated carbocycles. The van der Waals surface area contributed by atoms with Crippen molar-refractivity contribution in [1.82, 2.24) is 0 Å². The van der Waals surface area contributed by atoms with E-state index in [-0.39, 0.29) is 11.8 Å². The van der Waals surface area contributed by atoms with E-state index < -0.39 is 0 Å². The third-order valence-corrected chi connectivity index (χ3v) is 4.53. The van der Waals surface area contributed by atoms with Gasteiger partial charge in [-0.1, -0.05) is 91.0 Å². The lowest BCUT2D eigenvalue weighted by molar-refractivity contribution is 0.716. The Labute approximate surface area is 144 Å². The standard InChI is InChI=1S/C23H23N/c1-2-22(19-9-5-3-6-10-19)23(20-11-7-4-8-12-20)21-15-13-18(17-24)14-16-21/h2-16,22-23H,1,17,24H2. The van der Waals surface area contributed by atoms with Gasteiger partial charge in [0.25, 0.3) is 0 Å². The Bertz CT molecular complexity index is 760. The molecule has 0 aliphatic heterocycles. The third kappa shape index (κ3) is 3.47. The van der Waals surface area contributed by atoms with Crippen LogP contribution in [0.5, 0.6) is 0 Å². The van der Waals surface area contributed by atoms with E-state index in [4.69, 9.17) is 5.73 Å². The highest BCUT2D eigenvalue weighted by molar-refractivity contribution is 5.41. The molecular formula is C23H23N. The highest BCUT2D eigenvalue weighted by Gasteiger charge is 2.24. The number of hydrogen-bond donors (Lipinski definition) is 1. The molecule has 24 heavy (non-hydrogen) atoms. The van der Waals surface area contributed by atoms with E-state index in [0.717, 1.165) is 5.56 Å². The van der Waals surface area contributed by atoms with Gasteiger partial charge in [-0.2, -0.15) is 0 Å². The Morgan fingerprint density at radius 3 is 1.71 bits per heavy atom. The SMILES string of the molecule is C=CC(c1ccccc1)C(c1ccccc1)c1ccc(CN)cc1. The Balaban J connectivity index is 2.09. The maximum Gasteiger partial charge on any atom is 0.0193 e. The summed E-state index contributed by atoms with van der Waals surface area (Å²) in [5, 5.41) is 0. The molecule has 3 aromatic carbocycles. The maximum atomic E-state index is 5.75. The van der Waals surface area contributed by atoms with Gasteiger partial charge in [-0.15, -0.1) is 6.58 Å². The summed E-state index contributed by atoms with van der Waals surface area (Å²) in [5.74, 6) is 0.454. The second kappa shape index (κ2) is 7.76. The van der Waals surface area contributed by atoms with Gasteiger partial charge in [0.15, 0.2) is 0 Å². The fourth-order valence-electron chi connectivity index (χ4n) is 3.27. The zero-order valence-electron chi connectivity index (χ0n) is 13.8. The Hall–Kier alpha value is -2.64. The molecule has 0 aliphatic carbocycles. The molecule has 0 aromatic heterocycles. The van der Waals surface area contributed by atoms with Crippen molar-refractivity contribution in [1.29, 1.82) is 0 Å². The molecule has 3 aromatic rings. The minimum atomic E-state index is 0.220. The molecule has 2 N–H and O–H groups in total. The molecule has 2 unspecified atom stereocenters. The second-order valence-electron chi connectivity index (χ2n) is 6.01. The van der Waals surface area contributed by atoms with E-state index in [1.54, 1.807) is 0 Å². The van der Waals surface area contributed by atoms with Crippen LogP contribution in [-0.2, 0) is 6.54 Å². The van der Waals surface area contributed by atoms with Crippen LogP contribution in [0.4, 0.5) is 0 Å². The number of benzene rings is 3. The Morgan fingerprint density at radius 2 is 1.21 bits per heavy atom. The van der Waals surface area contributed by atoms with Gasteiger partial charge in [0.05, 0.1) is 0 Å². The molecule has 0 saturated heterocycles. The van der Waals surface area contributed by atoms with Gasteiger partial charge in [0.2, 0.25) is 0 Å². The zero-order valence-corrected chi connectivity index (χ0v) is 13.8. The Morgan fingerprint density at radius 1 is 0.708 bits per heavy atom. The molecule has 0 bridgehead atoms. The highest BCUT2D eigenvalue weighted by Crippen LogP contribution is 2.39. The summed E-state index contributed by atoms with van der Waals surface area (Å²) < 4.78 is 0. The first kappa shape index (κ1) is 16.2. The molecule has 0 radical (unpaired) electrons. The van der Waals surface area contributed by atoms with Crippen LogP contribution in [0.15, 0.2) is 97.6 Å². The van der Waals surface area contributed by atoms with Crippen molar-refractivity contribution in [2.24, 2.45) is 5.73 Å². The van der Waals surface area contributed by atoms with Crippen LogP contribution in [0.2, 0.25) is 0 Å². The summed E-state index contributed by atoms with van der Waals surface area (Å²) in [5.41, 5.74) is 10.8. The van der Waals surface area contributed by atoms with Crippen LogP contribution in [-0.4, -0.2) is 0 Å². The van der Waals surface area contributed by atoms with Gasteiger partial charge >= 0.3 is 0 Å². The molecule has 2 atom stereocenters. The van der Waals surface area contributed by atoms with Crippen molar-refractivity contribution in [2.75, 3.05) is 0 Å². The average molecular weight is 313 g/mol. The summed E-state index contributed by atoms with van der Waals surface area (Å²) in [4.78, 5) is 0. The minimum absolute atomic E-state index is 0.220. The largest absolute Gasteiger partial charge is 0.326 e. The van der Waals surface area contributed by atoms with Crippen molar-refractivity contribution in [3.63, 3.8) is 0 Å². The van der Waals surface area contributed by atoms with Crippen molar-refractivity contribution in [2.45, 2.75) is 18.4 Å². The molecule has 0 amide bonds. The normalized spacial score (nSPS) is 13.2. The first-order valence-electron chi connectivity index (χ1n) is 8.35. The summed E-state index contributed by atoms with van der Waals surface area (Å²) >= 11 is 0. The molecule has 0 fully saturated rings. The van der Waals surface area contributed by atoms with Crippen LogP contribution in [0, 0.1) is 0 Å². The number of rotatable bonds is 6. The molecule has 120 valence electrons. The lowest BCUT2D eigenvalue weighted by atomic mass is 9.77. The van der Waals surface area contributed by atoms with Gasteiger partial charge in [-0.25, -0.2) is 0 Å². The van der Waals surface area contributed by atoms with Crippen LogP contribution < -0.4 is 5.73 Å². The molecule has 1 nitrogen and oxygen atoms in total. The quantitative estimate of drug-likeness (QED) is 0.618. The van der Waals surface area contributed by atoms with E-state index in [0.29, 0.717) is 6.54 Å². The predicted molar refractivity (Wildman–Crippen MR) is 102 cm³/mol. The highest BCUT2D eigenvalue weighted by atomic mass is 14.5. The minimum Gasteiger partial charge on any atom is -0.326 e. The van der Waals surface area contributed by atoms with Crippen LogP contribution in [0.1, 0.15) is 34.1 Å². The maximum absolute atomic E-state index is 5.75. The van der Waals surface area contributed by atoms with E-state index >= 15 is 0 Å². The van der Waals surface area contributed by atoms with Gasteiger partial charge in [0, 0.05) is 18.4 Å². The zero-order chi connectivity index (χ0) is 16.8. The first-order chi connectivity index (χ1) is 11.8. The van der Waals surface area contributed by atoms with Crippen molar-refractivity contribution in [3.8, 4) is 0 Å². The van der Waals surface area contributed by atoms with E-state index in [1.165, 1.54) is 16.7 Å². The van der Waals surface area contributed by atoms with Crippen molar-refractivity contribution >= 4 is 0 Å². The number of nitrogens with two attached hydrogens (primary N) is 1. The van der Waals surface area contributed by atoms with Crippen LogP contribution in [0.25, 0.3) is 0 Å². The van der Waals surface area contributed by atoms with E-state index in [9.17, 15) is 0 Å². The summed E-state index contributed by atoms with van der Waals surface area (Å²) in [6.45, 7) is 4.69. The lowest BCUT2D eigenvalue weighted by Crippen LogP contribution is -2.11. The molecule has 0 heterocycles.